The van der Waals surface area contributed by atoms with E-state index in [9.17, 15) is 49.2 Å². The number of carbonyl (C=O) groups excluding carboxylic acids is 7. The number of carbonyl (C=O) groups is 7. The van der Waals surface area contributed by atoms with Gasteiger partial charge in [-0.15, -0.1) is 0 Å². The minimum Gasteiger partial charge on any atom is -0.464 e. The summed E-state index contributed by atoms with van der Waals surface area (Å²) < 4.78 is 5.26. The zero-order valence-corrected chi connectivity index (χ0v) is 31.4. The predicted octanol–water partition coefficient (Wildman–Crippen LogP) is 0.00530. The van der Waals surface area contributed by atoms with E-state index in [1.54, 1.807) is 20.8 Å². The Labute approximate surface area is 314 Å². The second-order valence-corrected chi connectivity index (χ2v) is 13.0. The molecule has 0 bridgehead atoms. The summed E-state index contributed by atoms with van der Waals surface area (Å²) >= 11 is 0. The van der Waals surface area contributed by atoms with Gasteiger partial charge in [-0.05, 0) is 72.1 Å². The molecule has 19 heteroatoms. The third-order valence-corrected chi connectivity index (χ3v) is 8.14. The van der Waals surface area contributed by atoms with Crippen molar-refractivity contribution in [2.75, 3.05) is 39.5 Å². The van der Waals surface area contributed by atoms with Gasteiger partial charge in [0, 0.05) is 64.4 Å². The Kier molecular flexibility index (Phi) is 22.2. The molecule has 1 rings (SSSR count). The second-order valence-electron chi connectivity index (χ2n) is 13.0. The van der Waals surface area contributed by atoms with Crippen molar-refractivity contribution < 1.29 is 64.1 Å². The fourth-order valence-corrected chi connectivity index (χ4v) is 5.08. The number of hydrogen-bond donors (Lipinski definition) is 8. The molecule has 1 heterocycles. The van der Waals surface area contributed by atoms with Gasteiger partial charge in [-0.3, -0.25) is 44.4 Å². The number of nitrogens with one attached hydrogen (secondary N) is 3. The predicted molar refractivity (Wildman–Crippen MR) is 190 cm³/mol. The normalized spacial score (nSPS) is 16.9. The van der Waals surface area contributed by atoms with Crippen LogP contribution in [0.25, 0.3) is 0 Å². The highest BCUT2D eigenvalue weighted by Gasteiger charge is 2.33. The van der Waals surface area contributed by atoms with Gasteiger partial charge in [0.25, 0.3) is 17.7 Å². The van der Waals surface area contributed by atoms with E-state index in [0.717, 1.165) is 6.08 Å². The Balaban J connectivity index is 2.47. The van der Waals surface area contributed by atoms with Gasteiger partial charge in [-0.2, -0.15) is 0 Å². The molecule has 0 saturated carbocycles. The zero-order chi connectivity index (χ0) is 40.8. The van der Waals surface area contributed by atoms with Crippen molar-refractivity contribution in [3.8, 4) is 0 Å². The molecule has 0 aromatic rings. The third kappa shape index (κ3) is 18.9. The first-order valence-corrected chi connectivity index (χ1v) is 17.8. The average Bonchev–Trinajstić information content (AvgIpc) is 3.09. The molecule has 0 aliphatic carbocycles. The summed E-state index contributed by atoms with van der Waals surface area (Å²) in [5, 5.41) is 57.0. The molecule has 0 aromatic carbocycles. The molecule has 1 aliphatic heterocycles. The van der Waals surface area contributed by atoms with E-state index in [1.807, 2.05) is 0 Å². The van der Waals surface area contributed by atoms with E-state index in [1.165, 1.54) is 19.1 Å². The van der Waals surface area contributed by atoms with Crippen molar-refractivity contribution in [2.45, 2.75) is 104 Å². The van der Waals surface area contributed by atoms with E-state index in [4.69, 9.17) is 14.9 Å². The lowest BCUT2D eigenvalue weighted by molar-refractivity contribution is -0.160. The van der Waals surface area contributed by atoms with Crippen molar-refractivity contribution in [1.82, 2.24) is 31.1 Å². The van der Waals surface area contributed by atoms with Gasteiger partial charge < -0.3 is 30.9 Å². The topological polar surface area (TPSA) is 276 Å². The smallest absolute Gasteiger partial charge is 0.328 e. The quantitative estimate of drug-likeness (QED) is 0.0279. The molecule has 0 aromatic heterocycles. The Morgan fingerprint density at radius 3 is 1.46 bits per heavy atom. The number of amides is 6. The molecule has 54 heavy (non-hydrogen) atoms. The summed E-state index contributed by atoms with van der Waals surface area (Å²) in [6.07, 6.45) is 5.09. The number of aliphatic hydroxyl groups is 2. The third-order valence-electron chi connectivity index (χ3n) is 8.14. The number of rotatable bonds is 24. The fraction of sp³-hybridized carbons (Fsp3) is 0.629. The van der Waals surface area contributed by atoms with Crippen LogP contribution in [0.4, 0.5) is 0 Å². The minimum absolute atomic E-state index is 0.0556. The number of hydroxylamine groups is 6. The summed E-state index contributed by atoms with van der Waals surface area (Å²) in [7, 11) is 0. The Hall–Kier alpha value is -4.69. The molecule has 1 aliphatic rings. The lowest BCUT2D eigenvalue weighted by Crippen LogP contribution is -2.61. The highest BCUT2D eigenvalue weighted by atomic mass is 16.5. The van der Waals surface area contributed by atoms with Crippen molar-refractivity contribution in [3.05, 3.63) is 34.9 Å². The number of hydrogen-bond acceptors (Lipinski definition) is 13. The molecule has 19 nitrogen and oxygen atoms in total. The highest BCUT2D eigenvalue weighted by molar-refractivity contribution is 5.97. The van der Waals surface area contributed by atoms with Crippen LogP contribution in [0.5, 0.6) is 0 Å². The van der Waals surface area contributed by atoms with Gasteiger partial charge in [-0.25, -0.2) is 20.0 Å². The van der Waals surface area contributed by atoms with Crippen LogP contribution in [0.1, 0.15) is 85.5 Å². The highest BCUT2D eigenvalue weighted by Crippen LogP contribution is 2.11. The second kappa shape index (κ2) is 25.4. The minimum atomic E-state index is -1.05. The Morgan fingerprint density at radius 2 is 1.07 bits per heavy atom. The summed E-state index contributed by atoms with van der Waals surface area (Å²) in [5.74, 6) is -4.25. The van der Waals surface area contributed by atoms with Crippen LogP contribution in [-0.4, -0.2) is 140 Å². The molecule has 1 fully saturated rings. The number of piperazine rings is 1. The maximum atomic E-state index is 12.6. The van der Waals surface area contributed by atoms with E-state index in [0.29, 0.717) is 38.3 Å². The van der Waals surface area contributed by atoms with Gasteiger partial charge >= 0.3 is 5.97 Å². The molecule has 8 N–H and O–H groups in total. The number of nitrogens with zero attached hydrogens (tertiary/aromatic N) is 3. The first-order chi connectivity index (χ1) is 25.5. The van der Waals surface area contributed by atoms with Crippen molar-refractivity contribution in [2.24, 2.45) is 0 Å². The maximum absolute atomic E-state index is 12.6. The zero-order valence-electron chi connectivity index (χ0n) is 31.4. The van der Waals surface area contributed by atoms with Crippen molar-refractivity contribution >= 4 is 41.4 Å². The largest absolute Gasteiger partial charge is 0.464 e. The fourth-order valence-electron chi connectivity index (χ4n) is 5.08. The molecular formula is C35H56N6O13. The van der Waals surface area contributed by atoms with E-state index in [2.05, 4.69) is 16.0 Å². The lowest BCUT2D eigenvalue weighted by Gasteiger charge is -2.30. The van der Waals surface area contributed by atoms with Crippen LogP contribution >= 0.6 is 0 Å². The average molecular weight is 769 g/mol. The van der Waals surface area contributed by atoms with Crippen molar-refractivity contribution in [1.29, 1.82) is 0 Å². The molecule has 0 spiro atoms. The SMILES string of the molecule is CC(=O)NC(CCCN(O)C(=O)/C=C(\C)CCO)C(=O)OCC/C(C)=C/C(=O)N(O)CCCC1NC(=O)C(CCCN(O)C(=O)/C=C(\C)CCO)NC1=O. The summed E-state index contributed by atoms with van der Waals surface area (Å²) in [6.45, 7) is 5.30. The van der Waals surface area contributed by atoms with E-state index in [-0.39, 0.29) is 90.8 Å². The Morgan fingerprint density at radius 1 is 0.685 bits per heavy atom. The standard InChI is InChI=1S/C35H56N6O13/c1-23(11-17-42)20-30(45)39(51)14-5-8-27-33(48)38-28(34(49)37-27)9-6-15-40(52)32(47)22-25(3)13-19-54-35(50)29(36-26(4)44)10-7-16-41(53)31(46)21-24(2)12-18-43/h20-22,27-29,42-43,51-53H,5-19H2,1-4H3,(H,36,44)(H,37,49)(H,38,48)/b23-20+,24-21+,25-22+. The molecule has 3 unspecified atom stereocenters. The van der Waals surface area contributed by atoms with Crippen LogP contribution in [-0.2, 0) is 38.3 Å². The van der Waals surface area contributed by atoms with Crippen LogP contribution in [0, 0.1) is 0 Å². The first-order valence-electron chi connectivity index (χ1n) is 17.8. The van der Waals surface area contributed by atoms with Crippen LogP contribution in [0.15, 0.2) is 34.9 Å². The lowest BCUT2D eigenvalue weighted by atomic mass is 10.0. The summed E-state index contributed by atoms with van der Waals surface area (Å²) in [6, 6.07) is -2.81. The number of ether oxygens (including phenoxy) is 1. The van der Waals surface area contributed by atoms with Gasteiger partial charge in [0.1, 0.15) is 18.1 Å². The molecule has 1 saturated heterocycles. The monoisotopic (exact) mass is 768 g/mol. The van der Waals surface area contributed by atoms with Crippen molar-refractivity contribution in [3.63, 3.8) is 0 Å². The summed E-state index contributed by atoms with van der Waals surface area (Å²) in [5.41, 5.74) is 1.64. The van der Waals surface area contributed by atoms with Crippen LogP contribution in [0.2, 0.25) is 0 Å². The molecular weight excluding hydrogens is 712 g/mol. The molecule has 3 atom stereocenters. The van der Waals surface area contributed by atoms with Crippen LogP contribution in [0.3, 0.4) is 0 Å². The van der Waals surface area contributed by atoms with Gasteiger partial charge in [0.15, 0.2) is 0 Å². The van der Waals surface area contributed by atoms with Gasteiger partial charge in [-0.1, -0.05) is 16.7 Å². The van der Waals surface area contributed by atoms with E-state index >= 15 is 0 Å². The van der Waals surface area contributed by atoms with Gasteiger partial charge in [0.2, 0.25) is 17.7 Å². The Bertz CT molecular complexity index is 1400. The van der Waals surface area contributed by atoms with Crippen LogP contribution < -0.4 is 16.0 Å². The number of esters is 1. The molecule has 0 radical (unpaired) electrons. The van der Waals surface area contributed by atoms with Gasteiger partial charge in [0.05, 0.1) is 6.61 Å². The number of aliphatic hydroxyl groups excluding tert-OH is 2. The van der Waals surface area contributed by atoms with E-state index < -0.39 is 59.5 Å². The molecule has 6 amide bonds. The first kappa shape index (κ1) is 47.3. The maximum Gasteiger partial charge on any atom is 0.328 e. The summed E-state index contributed by atoms with van der Waals surface area (Å²) in [4.78, 5) is 85.9. The molecule has 304 valence electrons.